The highest BCUT2D eigenvalue weighted by molar-refractivity contribution is 7.80. The molecule has 1 aromatic carbocycles. The van der Waals surface area contributed by atoms with Gasteiger partial charge in [-0.3, -0.25) is 14.3 Å². The summed E-state index contributed by atoms with van der Waals surface area (Å²) in [7, 11) is 1.27. The Morgan fingerprint density at radius 1 is 1.19 bits per heavy atom. The topological polar surface area (TPSA) is 108 Å². The summed E-state index contributed by atoms with van der Waals surface area (Å²) in [5.74, 6) is -0.737. The van der Waals surface area contributed by atoms with Crippen molar-refractivity contribution in [2.75, 3.05) is 11.8 Å². The van der Waals surface area contributed by atoms with Crippen molar-refractivity contribution in [2.24, 2.45) is 11.8 Å². The van der Waals surface area contributed by atoms with Crippen LogP contribution in [0.5, 0.6) is 0 Å². The Balaban J connectivity index is 2.28. The molecule has 0 radical (unpaired) electrons. The third-order valence-corrected chi connectivity index (χ3v) is 6.91. The van der Waals surface area contributed by atoms with E-state index in [9.17, 15) is 18.4 Å². The molecule has 0 saturated carbocycles. The predicted octanol–water partition coefficient (Wildman–Crippen LogP) is 4.07. The molecule has 32 heavy (non-hydrogen) atoms. The zero-order chi connectivity index (χ0) is 24.1. The Kier molecular flexibility index (Phi) is 9.15. The molecule has 2 rings (SSSR count). The van der Waals surface area contributed by atoms with E-state index in [0.29, 0.717) is 17.5 Å². The number of benzene rings is 1. The SMILES string of the molecule is COC(=O)C(NCc1ccc(-c2cc(CC(C)C)sc2NS(=O)[O-])cc1)(C(C)=O)C(C)C. The van der Waals surface area contributed by atoms with Gasteiger partial charge < -0.3 is 14.0 Å². The molecular formula is C23H31N2O5S2-. The average Bonchev–Trinajstić information content (AvgIpc) is 3.08. The van der Waals surface area contributed by atoms with Crippen molar-refractivity contribution in [1.82, 2.24) is 5.32 Å². The maximum Gasteiger partial charge on any atom is 0.334 e. The van der Waals surface area contributed by atoms with Gasteiger partial charge in [0.2, 0.25) is 0 Å². The Morgan fingerprint density at radius 2 is 1.81 bits per heavy atom. The van der Waals surface area contributed by atoms with E-state index in [1.54, 1.807) is 13.8 Å². The van der Waals surface area contributed by atoms with Crippen molar-refractivity contribution in [3.8, 4) is 11.1 Å². The second kappa shape index (κ2) is 11.2. The molecule has 7 nitrogen and oxygen atoms in total. The second-order valence-corrected chi connectivity index (χ2v) is 10.3. The maximum absolute atomic E-state index is 12.4. The van der Waals surface area contributed by atoms with Crippen LogP contribution < -0.4 is 10.0 Å². The van der Waals surface area contributed by atoms with Gasteiger partial charge in [-0.1, -0.05) is 52.0 Å². The summed E-state index contributed by atoms with van der Waals surface area (Å²) in [6.07, 6.45) is 0.864. The van der Waals surface area contributed by atoms with Gasteiger partial charge in [0.15, 0.2) is 11.3 Å². The maximum atomic E-state index is 12.4. The van der Waals surface area contributed by atoms with Gasteiger partial charge in [0.25, 0.3) is 0 Å². The van der Waals surface area contributed by atoms with Gasteiger partial charge in [-0.25, -0.2) is 4.79 Å². The quantitative estimate of drug-likeness (QED) is 0.286. The molecule has 2 atom stereocenters. The molecule has 0 bridgehead atoms. The van der Waals surface area contributed by atoms with E-state index in [-0.39, 0.29) is 11.7 Å². The number of ketones is 1. The molecule has 0 saturated heterocycles. The highest BCUT2D eigenvalue weighted by Crippen LogP contribution is 2.37. The zero-order valence-corrected chi connectivity index (χ0v) is 20.9. The number of thiophene rings is 1. The van der Waals surface area contributed by atoms with Crippen LogP contribution in [-0.2, 0) is 38.6 Å². The van der Waals surface area contributed by atoms with E-state index < -0.39 is 22.8 Å². The lowest BCUT2D eigenvalue weighted by Gasteiger charge is -2.33. The van der Waals surface area contributed by atoms with Gasteiger partial charge in [-0.05, 0) is 42.4 Å². The number of Topliss-reactive ketones (excluding diaryl/α,β-unsaturated/α-hetero) is 1. The fourth-order valence-corrected chi connectivity index (χ4v) is 5.48. The number of carbonyl (C=O) groups is 2. The zero-order valence-electron chi connectivity index (χ0n) is 19.3. The minimum absolute atomic E-state index is 0.293. The number of carbonyl (C=O) groups excluding carboxylic acids is 2. The molecule has 0 amide bonds. The first kappa shape index (κ1) is 26.2. The van der Waals surface area contributed by atoms with E-state index in [1.165, 1.54) is 25.4 Å². The molecule has 9 heteroatoms. The number of ether oxygens (including phenoxy) is 1. The predicted molar refractivity (Wildman–Crippen MR) is 128 cm³/mol. The van der Waals surface area contributed by atoms with Crippen LogP contribution in [0.15, 0.2) is 30.3 Å². The molecular weight excluding hydrogens is 448 g/mol. The van der Waals surface area contributed by atoms with Gasteiger partial charge in [0.1, 0.15) is 5.00 Å². The molecule has 0 spiro atoms. The van der Waals surface area contributed by atoms with Crippen LogP contribution in [0.2, 0.25) is 0 Å². The first-order chi connectivity index (χ1) is 15.0. The smallest absolute Gasteiger partial charge is 0.334 e. The minimum Gasteiger partial charge on any atom is -0.755 e. The monoisotopic (exact) mass is 479 g/mol. The van der Waals surface area contributed by atoms with Crippen LogP contribution >= 0.6 is 11.3 Å². The minimum atomic E-state index is -2.41. The summed E-state index contributed by atoms with van der Waals surface area (Å²) in [6.45, 7) is 9.51. The van der Waals surface area contributed by atoms with Gasteiger partial charge >= 0.3 is 5.97 Å². The highest BCUT2D eigenvalue weighted by atomic mass is 32.2. The normalized spacial score (nSPS) is 14.3. The standard InChI is InChI=1S/C23H32N2O5S2/c1-14(2)11-19-12-20(21(31-19)25-32(28)29)18-9-7-17(8-10-18)13-24-23(15(3)4,16(5)26)22(27)30-6/h7-10,12,14-15,24-25H,11,13H2,1-6H3,(H,28,29)/p-1. The van der Waals surface area contributed by atoms with Crippen molar-refractivity contribution >= 4 is 39.4 Å². The Bertz CT molecular complexity index is 969. The summed E-state index contributed by atoms with van der Waals surface area (Å²) < 4.78 is 29.9. The lowest BCUT2D eigenvalue weighted by molar-refractivity contribution is -0.155. The highest BCUT2D eigenvalue weighted by Gasteiger charge is 2.47. The molecule has 0 fully saturated rings. The van der Waals surface area contributed by atoms with Crippen LogP contribution in [0, 0.1) is 11.8 Å². The first-order valence-electron chi connectivity index (χ1n) is 10.4. The molecule has 0 aliphatic heterocycles. The molecule has 1 aromatic heterocycles. The largest absolute Gasteiger partial charge is 0.755 e. The Morgan fingerprint density at radius 3 is 2.28 bits per heavy atom. The number of hydrogen-bond donors (Lipinski definition) is 2. The Labute approximate surface area is 196 Å². The third-order valence-electron chi connectivity index (χ3n) is 5.33. The fraction of sp³-hybridized carbons (Fsp3) is 0.478. The van der Waals surface area contributed by atoms with Gasteiger partial charge in [-0.15, -0.1) is 11.3 Å². The van der Waals surface area contributed by atoms with Gasteiger partial charge in [0.05, 0.1) is 7.11 Å². The molecule has 2 aromatic rings. The first-order valence-corrected chi connectivity index (χ1v) is 12.3. The van der Waals surface area contributed by atoms with E-state index in [2.05, 4.69) is 23.9 Å². The summed E-state index contributed by atoms with van der Waals surface area (Å²) in [5, 5.41) is 3.69. The van der Waals surface area contributed by atoms with Gasteiger partial charge in [-0.2, -0.15) is 0 Å². The Hall–Kier alpha value is -2.07. The molecule has 0 aliphatic rings. The van der Waals surface area contributed by atoms with Crippen LogP contribution in [0.1, 0.15) is 45.1 Å². The summed E-state index contributed by atoms with van der Waals surface area (Å²) in [5.41, 5.74) is 1.16. The number of nitrogens with one attached hydrogen (secondary N) is 2. The van der Waals surface area contributed by atoms with Crippen LogP contribution in [-0.4, -0.2) is 33.2 Å². The number of anilines is 1. The van der Waals surface area contributed by atoms with Crippen molar-refractivity contribution < 1.29 is 23.1 Å². The fourth-order valence-electron chi connectivity index (χ4n) is 3.70. The van der Waals surface area contributed by atoms with Crippen molar-refractivity contribution in [3.05, 3.63) is 40.8 Å². The van der Waals surface area contributed by atoms with E-state index in [0.717, 1.165) is 28.0 Å². The number of methoxy groups -OCH3 is 1. The molecule has 2 N–H and O–H groups in total. The molecule has 176 valence electrons. The van der Waals surface area contributed by atoms with Crippen molar-refractivity contribution in [3.63, 3.8) is 0 Å². The lowest BCUT2D eigenvalue weighted by Crippen LogP contribution is -2.61. The lowest BCUT2D eigenvalue weighted by atomic mass is 9.82. The van der Waals surface area contributed by atoms with Crippen LogP contribution in [0.4, 0.5) is 5.00 Å². The summed E-state index contributed by atoms with van der Waals surface area (Å²) in [6, 6.07) is 9.61. The van der Waals surface area contributed by atoms with Crippen LogP contribution in [0.25, 0.3) is 11.1 Å². The molecule has 1 heterocycles. The average molecular weight is 480 g/mol. The number of esters is 1. The van der Waals surface area contributed by atoms with Crippen molar-refractivity contribution in [1.29, 1.82) is 0 Å². The van der Waals surface area contributed by atoms with Crippen LogP contribution in [0.3, 0.4) is 0 Å². The molecule has 0 aliphatic carbocycles. The summed E-state index contributed by atoms with van der Waals surface area (Å²) >= 11 is -0.972. The second-order valence-electron chi connectivity index (χ2n) is 8.45. The number of rotatable bonds is 11. The van der Waals surface area contributed by atoms with E-state index in [4.69, 9.17) is 4.74 Å². The third kappa shape index (κ3) is 6.04. The van der Waals surface area contributed by atoms with Gasteiger partial charge in [0, 0.05) is 28.3 Å². The van der Waals surface area contributed by atoms with E-state index in [1.807, 2.05) is 30.3 Å². The van der Waals surface area contributed by atoms with Crippen molar-refractivity contribution in [2.45, 2.75) is 53.1 Å². The number of hydrogen-bond acceptors (Lipinski definition) is 7. The summed E-state index contributed by atoms with van der Waals surface area (Å²) in [4.78, 5) is 25.9. The molecule has 2 unspecified atom stereocenters. The van der Waals surface area contributed by atoms with E-state index >= 15 is 0 Å².